The van der Waals surface area contributed by atoms with Crippen LogP contribution in [0.1, 0.15) is 9.67 Å². The van der Waals surface area contributed by atoms with Crippen molar-refractivity contribution in [3.05, 3.63) is 10.0 Å². The molecule has 0 saturated heterocycles. The smallest absolute Gasteiger partial charge is 0.351 e. The van der Waals surface area contributed by atoms with Gasteiger partial charge in [-0.25, -0.2) is 9.78 Å². The summed E-state index contributed by atoms with van der Waals surface area (Å²) in [5.41, 5.74) is 0. The Kier molecular flexibility index (Phi) is 4.98. The van der Waals surface area contributed by atoms with Crippen LogP contribution in [0.4, 0.5) is 5.13 Å². The van der Waals surface area contributed by atoms with Gasteiger partial charge in [-0.3, -0.25) is 0 Å². The number of nitrogens with one attached hydrogen (secondary N) is 1. The zero-order valence-corrected chi connectivity index (χ0v) is 11.0. The molecule has 7 heteroatoms. The first-order chi connectivity index (χ1) is 7.54. The summed E-state index contributed by atoms with van der Waals surface area (Å²) in [4.78, 5) is 17.7. The van der Waals surface area contributed by atoms with E-state index in [1.54, 1.807) is 0 Å². The van der Waals surface area contributed by atoms with Gasteiger partial charge in [0.05, 0.1) is 7.11 Å². The third kappa shape index (κ3) is 3.62. The molecule has 0 aromatic carbocycles. The van der Waals surface area contributed by atoms with Crippen LogP contribution in [-0.4, -0.2) is 50.1 Å². The van der Waals surface area contributed by atoms with E-state index in [-0.39, 0.29) is 5.15 Å². The molecule has 0 aliphatic rings. The SMILES string of the molecule is COC(=O)c1sc(NCCN(C)C)nc1Cl. The van der Waals surface area contributed by atoms with Crippen LogP contribution in [0.25, 0.3) is 0 Å². The Morgan fingerprint density at radius 1 is 1.62 bits per heavy atom. The molecule has 1 rings (SSSR count). The number of hydrogen-bond acceptors (Lipinski definition) is 6. The van der Waals surface area contributed by atoms with Crippen LogP contribution in [0.15, 0.2) is 0 Å². The van der Waals surface area contributed by atoms with Gasteiger partial charge in [-0.05, 0) is 14.1 Å². The number of anilines is 1. The topological polar surface area (TPSA) is 54.5 Å². The standard InChI is InChI=1S/C9H14ClN3O2S/c1-13(2)5-4-11-9-12-7(10)6(16-9)8(14)15-3/h4-5H2,1-3H3,(H,11,12). The fourth-order valence-electron chi connectivity index (χ4n) is 0.982. The lowest BCUT2D eigenvalue weighted by Gasteiger charge is -2.08. The second kappa shape index (κ2) is 6.03. The number of halogens is 1. The number of ether oxygens (including phenoxy) is 1. The van der Waals surface area contributed by atoms with Crippen molar-refractivity contribution in [3.8, 4) is 0 Å². The summed E-state index contributed by atoms with van der Waals surface area (Å²) in [6.45, 7) is 1.63. The third-order valence-electron chi connectivity index (χ3n) is 1.79. The summed E-state index contributed by atoms with van der Waals surface area (Å²) >= 11 is 7.00. The Morgan fingerprint density at radius 3 is 2.88 bits per heavy atom. The van der Waals surface area contributed by atoms with Gasteiger partial charge in [0.15, 0.2) is 15.2 Å². The van der Waals surface area contributed by atoms with E-state index in [1.165, 1.54) is 18.4 Å². The predicted octanol–water partition coefficient (Wildman–Crippen LogP) is 1.56. The molecule has 90 valence electrons. The molecule has 1 aromatic heterocycles. The lowest BCUT2D eigenvalue weighted by atomic mass is 10.6. The number of nitrogens with zero attached hydrogens (tertiary/aromatic N) is 2. The van der Waals surface area contributed by atoms with Gasteiger partial charge in [0, 0.05) is 13.1 Å². The molecule has 0 atom stereocenters. The Hall–Kier alpha value is -0.850. The molecular weight excluding hydrogens is 250 g/mol. The number of aromatic nitrogens is 1. The molecule has 1 N–H and O–H groups in total. The first kappa shape index (κ1) is 13.2. The maximum atomic E-state index is 11.3. The van der Waals surface area contributed by atoms with Gasteiger partial charge in [0.25, 0.3) is 0 Å². The molecule has 5 nitrogen and oxygen atoms in total. The molecule has 0 bridgehead atoms. The van der Waals surface area contributed by atoms with Crippen molar-refractivity contribution in [3.63, 3.8) is 0 Å². The van der Waals surface area contributed by atoms with Crippen LogP contribution in [0, 0.1) is 0 Å². The fraction of sp³-hybridized carbons (Fsp3) is 0.556. The van der Waals surface area contributed by atoms with Crippen LogP contribution in [0.2, 0.25) is 5.15 Å². The zero-order valence-electron chi connectivity index (χ0n) is 9.41. The molecule has 0 unspecified atom stereocenters. The summed E-state index contributed by atoms with van der Waals surface area (Å²) in [5, 5.41) is 3.91. The average Bonchev–Trinajstić information content (AvgIpc) is 2.58. The van der Waals surface area contributed by atoms with E-state index in [2.05, 4.69) is 15.0 Å². The molecule has 0 radical (unpaired) electrons. The van der Waals surface area contributed by atoms with E-state index >= 15 is 0 Å². The van der Waals surface area contributed by atoms with Gasteiger partial charge < -0.3 is 15.0 Å². The quantitative estimate of drug-likeness (QED) is 0.817. The molecular formula is C9H14ClN3O2S. The number of rotatable bonds is 5. The highest BCUT2D eigenvalue weighted by atomic mass is 35.5. The molecule has 16 heavy (non-hydrogen) atoms. The summed E-state index contributed by atoms with van der Waals surface area (Å²) in [5.74, 6) is -0.455. The second-order valence-corrected chi connectivity index (χ2v) is 4.72. The zero-order chi connectivity index (χ0) is 12.1. The first-order valence-electron chi connectivity index (χ1n) is 4.68. The molecule has 1 heterocycles. The third-order valence-corrected chi connectivity index (χ3v) is 3.17. The summed E-state index contributed by atoms with van der Waals surface area (Å²) in [7, 11) is 5.28. The maximum Gasteiger partial charge on any atom is 0.351 e. The largest absolute Gasteiger partial charge is 0.465 e. The van der Waals surface area contributed by atoms with Crippen LogP contribution in [-0.2, 0) is 4.74 Å². The van der Waals surface area contributed by atoms with Gasteiger partial charge in [-0.15, -0.1) is 0 Å². The molecule has 0 fully saturated rings. The number of methoxy groups -OCH3 is 1. The normalized spacial score (nSPS) is 10.6. The lowest BCUT2D eigenvalue weighted by molar-refractivity contribution is 0.0606. The Balaban J connectivity index is 2.59. The Bertz CT molecular complexity index is 368. The average molecular weight is 264 g/mol. The number of carbonyl (C=O) groups is 1. The molecule has 1 aromatic rings. The van der Waals surface area contributed by atoms with Crippen molar-refractivity contribution in [1.29, 1.82) is 0 Å². The first-order valence-corrected chi connectivity index (χ1v) is 5.87. The number of hydrogen-bond donors (Lipinski definition) is 1. The minimum absolute atomic E-state index is 0.184. The Morgan fingerprint density at radius 2 is 2.31 bits per heavy atom. The highest BCUT2D eigenvalue weighted by Gasteiger charge is 2.16. The summed E-state index contributed by atoms with van der Waals surface area (Å²) in [6.07, 6.45) is 0. The van der Waals surface area contributed by atoms with E-state index in [0.717, 1.165) is 13.1 Å². The number of carbonyl (C=O) groups excluding carboxylic acids is 1. The highest BCUT2D eigenvalue weighted by Crippen LogP contribution is 2.27. The second-order valence-electron chi connectivity index (χ2n) is 3.36. The molecule has 0 saturated carbocycles. The van der Waals surface area contributed by atoms with E-state index in [9.17, 15) is 4.79 Å². The van der Waals surface area contributed by atoms with Crippen LogP contribution >= 0.6 is 22.9 Å². The highest BCUT2D eigenvalue weighted by molar-refractivity contribution is 7.18. The Labute approximate surface area is 103 Å². The summed E-state index contributed by atoms with van der Waals surface area (Å²) in [6, 6.07) is 0. The molecule has 0 spiro atoms. The monoisotopic (exact) mass is 263 g/mol. The minimum atomic E-state index is -0.455. The molecule has 0 aliphatic heterocycles. The van der Waals surface area contributed by atoms with Gasteiger partial charge in [0.2, 0.25) is 0 Å². The van der Waals surface area contributed by atoms with Crippen molar-refractivity contribution in [2.75, 3.05) is 39.6 Å². The van der Waals surface area contributed by atoms with Crippen molar-refractivity contribution in [1.82, 2.24) is 9.88 Å². The van der Waals surface area contributed by atoms with E-state index in [4.69, 9.17) is 11.6 Å². The maximum absolute atomic E-state index is 11.3. The number of thiazole rings is 1. The van der Waals surface area contributed by atoms with Crippen LogP contribution in [0.3, 0.4) is 0 Å². The summed E-state index contributed by atoms with van der Waals surface area (Å²) < 4.78 is 4.58. The number of esters is 1. The van der Waals surface area contributed by atoms with Gasteiger partial charge in [-0.2, -0.15) is 0 Å². The molecule has 0 amide bonds. The van der Waals surface area contributed by atoms with Gasteiger partial charge >= 0.3 is 5.97 Å². The number of likely N-dealkylation sites (N-methyl/N-ethyl adjacent to an activating group) is 1. The van der Waals surface area contributed by atoms with E-state index in [1.807, 2.05) is 19.0 Å². The van der Waals surface area contributed by atoms with Crippen molar-refractivity contribution < 1.29 is 9.53 Å². The van der Waals surface area contributed by atoms with E-state index in [0.29, 0.717) is 10.0 Å². The lowest BCUT2D eigenvalue weighted by Crippen LogP contribution is -2.20. The fourth-order valence-corrected chi connectivity index (χ4v) is 2.11. The van der Waals surface area contributed by atoms with Gasteiger partial charge in [0.1, 0.15) is 0 Å². The van der Waals surface area contributed by atoms with Gasteiger partial charge in [-0.1, -0.05) is 22.9 Å². The minimum Gasteiger partial charge on any atom is -0.465 e. The van der Waals surface area contributed by atoms with E-state index < -0.39 is 5.97 Å². The van der Waals surface area contributed by atoms with Crippen molar-refractivity contribution >= 4 is 34.0 Å². The van der Waals surface area contributed by atoms with Crippen molar-refractivity contribution in [2.45, 2.75) is 0 Å². The molecule has 0 aliphatic carbocycles. The van der Waals surface area contributed by atoms with Crippen LogP contribution < -0.4 is 5.32 Å². The van der Waals surface area contributed by atoms with Crippen LogP contribution in [0.5, 0.6) is 0 Å². The van der Waals surface area contributed by atoms with Crippen molar-refractivity contribution in [2.24, 2.45) is 0 Å². The predicted molar refractivity (Wildman–Crippen MR) is 65.5 cm³/mol.